The Balaban J connectivity index is 2.55. The van der Waals surface area contributed by atoms with Gasteiger partial charge in [-0.15, -0.1) is 0 Å². The fourth-order valence-corrected chi connectivity index (χ4v) is 2.84. The SMILES string of the molecule is CCCCNC(=O)N[C@H](CC(C)C)C(=O)N1CCC(CO)CC1. The Bertz CT molecular complexity index is 366. The monoisotopic (exact) mass is 327 g/mol. The summed E-state index contributed by atoms with van der Waals surface area (Å²) < 4.78 is 0. The summed E-state index contributed by atoms with van der Waals surface area (Å²) in [5.41, 5.74) is 0. The van der Waals surface area contributed by atoms with Crippen molar-refractivity contribution in [1.82, 2.24) is 15.5 Å². The van der Waals surface area contributed by atoms with Crippen molar-refractivity contribution in [3.63, 3.8) is 0 Å². The Kier molecular flexibility index (Phi) is 8.99. The van der Waals surface area contributed by atoms with Crippen LogP contribution in [0.1, 0.15) is 52.9 Å². The quantitative estimate of drug-likeness (QED) is 0.594. The van der Waals surface area contributed by atoms with Crippen LogP contribution in [0.15, 0.2) is 0 Å². The van der Waals surface area contributed by atoms with Gasteiger partial charge in [-0.2, -0.15) is 0 Å². The molecule has 23 heavy (non-hydrogen) atoms. The van der Waals surface area contributed by atoms with Crippen molar-refractivity contribution in [2.45, 2.75) is 58.9 Å². The standard InChI is InChI=1S/C17H33N3O3/c1-4-5-8-18-17(23)19-15(11-13(2)3)16(22)20-9-6-14(12-21)7-10-20/h13-15,21H,4-12H2,1-3H3,(H2,18,19,23)/t15-/m1/s1. The molecule has 1 fully saturated rings. The highest BCUT2D eigenvalue weighted by Gasteiger charge is 2.29. The zero-order valence-electron chi connectivity index (χ0n) is 14.8. The number of unbranched alkanes of at least 4 members (excludes halogenated alkanes) is 1. The number of likely N-dealkylation sites (tertiary alicyclic amines) is 1. The fraction of sp³-hybridized carbons (Fsp3) is 0.882. The van der Waals surface area contributed by atoms with Crippen LogP contribution in [0.2, 0.25) is 0 Å². The van der Waals surface area contributed by atoms with Gasteiger partial charge in [0.15, 0.2) is 0 Å². The van der Waals surface area contributed by atoms with Gasteiger partial charge < -0.3 is 20.6 Å². The smallest absolute Gasteiger partial charge is 0.315 e. The van der Waals surface area contributed by atoms with E-state index in [0.717, 1.165) is 25.7 Å². The number of rotatable bonds is 8. The number of aliphatic hydroxyl groups is 1. The molecule has 0 spiro atoms. The maximum absolute atomic E-state index is 12.7. The molecule has 3 amide bonds. The highest BCUT2D eigenvalue weighted by molar-refractivity contribution is 5.87. The second-order valence-corrected chi connectivity index (χ2v) is 6.89. The first-order valence-electron chi connectivity index (χ1n) is 8.91. The molecule has 0 aromatic carbocycles. The van der Waals surface area contributed by atoms with Crippen molar-refractivity contribution in [2.24, 2.45) is 11.8 Å². The average Bonchev–Trinajstić information content (AvgIpc) is 2.53. The van der Waals surface area contributed by atoms with Crippen LogP contribution in [0.5, 0.6) is 0 Å². The predicted octanol–water partition coefficient (Wildman–Crippen LogP) is 1.73. The van der Waals surface area contributed by atoms with Crippen LogP contribution in [0, 0.1) is 11.8 Å². The zero-order chi connectivity index (χ0) is 17.2. The molecule has 0 bridgehead atoms. The molecule has 134 valence electrons. The van der Waals surface area contributed by atoms with Crippen molar-refractivity contribution >= 4 is 11.9 Å². The molecule has 1 saturated heterocycles. The topological polar surface area (TPSA) is 81.7 Å². The van der Waals surface area contributed by atoms with Crippen molar-refractivity contribution < 1.29 is 14.7 Å². The Labute approximate surface area is 140 Å². The molecule has 6 heteroatoms. The van der Waals surface area contributed by atoms with Crippen LogP contribution in [-0.4, -0.2) is 54.2 Å². The second-order valence-electron chi connectivity index (χ2n) is 6.89. The molecule has 1 aliphatic rings. The molecular formula is C17H33N3O3. The van der Waals surface area contributed by atoms with E-state index in [-0.39, 0.29) is 18.5 Å². The third kappa shape index (κ3) is 7.20. The lowest BCUT2D eigenvalue weighted by atomic mass is 9.96. The highest BCUT2D eigenvalue weighted by Crippen LogP contribution is 2.18. The van der Waals surface area contributed by atoms with Crippen LogP contribution in [0.3, 0.4) is 0 Å². The number of aliphatic hydroxyl groups excluding tert-OH is 1. The highest BCUT2D eigenvalue weighted by atomic mass is 16.3. The van der Waals surface area contributed by atoms with Gasteiger partial charge in [-0.1, -0.05) is 27.2 Å². The molecule has 1 atom stereocenters. The van der Waals surface area contributed by atoms with Crippen molar-refractivity contribution in [2.75, 3.05) is 26.2 Å². The minimum Gasteiger partial charge on any atom is -0.396 e. The number of nitrogens with one attached hydrogen (secondary N) is 2. The predicted molar refractivity (Wildman–Crippen MR) is 91.1 cm³/mol. The average molecular weight is 327 g/mol. The maximum atomic E-state index is 12.7. The van der Waals surface area contributed by atoms with Gasteiger partial charge >= 0.3 is 6.03 Å². The minimum atomic E-state index is -0.470. The van der Waals surface area contributed by atoms with E-state index in [9.17, 15) is 14.7 Å². The molecule has 0 aliphatic carbocycles. The van der Waals surface area contributed by atoms with Gasteiger partial charge in [-0.05, 0) is 37.5 Å². The van der Waals surface area contributed by atoms with E-state index in [4.69, 9.17) is 0 Å². The third-order valence-electron chi connectivity index (χ3n) is 4.31. The Morgan fingerprint density at radius 2 is 1.91 bits per heavy atom. The largest absolute Gasteiger partial charge is 0.396 e. The molecule has 0 unspecified atom stereocenters. The van der Waals surface area contributed by atoms with E-state index in [2.05, 4.69) is 31.4 Å². The molecule has 1 rings (SSSR count). The molecule has 0 radical (unpaired) electrons. The summed E-state index contributed by atoms with van der Waals surface area (Å²) in [5, 5.41) is 14.8. The molecule has 0 saturated carbocycles. The van der Waals surface area contributed by atoms with Gasteiger partial charge in [-0.25, -0.2) is 4.79 Å². The number of piperidine rings is 1. The van der Waals surface area contributed by atoms with Gasteiger partial charge in [-0.3, -0.25) is 4.79 Å². The number of hydrogen-bond donors (Lipinski definition) is 3. The minimum absolute atomic E-state index is 0.000677. The fourth-order valence-electron chi connectivity index (χ4n) is 2.84. The molecule has 1 heterocycles. The van der Waals surface area contributed by atoms with Crippen molar-refractivity contribution in [3.05, 3.63) is 0 Å². The van der Waals surface area contributed by atoms with Gasteiger partial charge in [0, 0.05) is 26.2 Å². The lowest BCUT2D eigenvalue weighted by Crippen LogP contribution is -2.53. The number of carbonyl (C=O) groups is 2. The van der Waals surface area contributed by atoms with Gasteiger partial charge in [0.2, 0.25) is 5.91 Å². The molecule has 0 aromatic rings. The van der Waals surface area contributed by atoms with Crippen LogP contribution >= 0.6 is 0 Å². The van der Waals surface area contributed by atoms with Crippen LogP contribution in [0.25, 0.3) is 0 Å². The summed E-state index contributed by atoms with van der Waals surface area (Å²) in [4.78, 5) is 26.5. The Hall–Kier alpha value is -1.30. The van der Waals surface area contributed by atoms with E-state index in [0.29, 0.717) is 37.9 Å². The summed E-state index contributed by atoms with van der Waals surface area (Å²) in [6.45, 7) is 8.32. The maximum Gasteiger partial charge on any atom is 0.315 e. The number of carbonyl (C=O) groups excluding carboxylic acids is 2. The van der Waals surface area contributed by atoms with E-state index in [1.165, 1.54) is 0 Å². The van der Waals surface area contributed by atoms with Gasteiger partial charge in [0.1, 0.15) is 6.04 Å². The summed E-state index contributed by atoms with van der Waals surface area (Å²) in [6.07, 6.45) is 4.26. The summed E-state index contributed by atoms with van der Waals surface area (Å²) in [7, 11) is 0. The molecule has 1 aliphatic heterocycles. The molecule has 6 nitrogen and oxygen atoms in total. The van der Waals surface area contributed by atoms with Gasteiger partial charge in [0.05, 0.1) is 0 Å². The summed E-state index contributed by atoms with van der Waals surface area (Å²) in [6, 6.07) is -0.731. The van der Waals surface area contributed by atoms with Crippen LogP contribution in [0.4, 0.5) is 4.79 Å². The first kappa shape index (κ1) is 19.7. The van der Waals surface area contributed by atoms with E-state index >= 15 is 0 Å². The Morgan fingerprint density at radius 1 is 1.26 bits per heavy atom. The molecule has 0 aromatic heterocycles. The van der Waals surface area contributed by atoms with Crippen molar-refractivity contribution in [3.8, 4) is 0 Å². The lowest BCUT2D eigenvalue weighted by molar-refractivity contribution is -0.135. The number of amides is 3. The van der Waals surface area contributed by atoms with Crippen LogP contribution < -0.4 is 10.6 Å². The Morgan fingerprint density at radius 3 is 2.43 bits per heavy atom. The number of urea groups is 1. The van der Waals surface area contributed by atoms with E-state index in [1.807, 2.05) is 4.90 Å². The first-order chi connectivity index (χ1) is 11.0. The van der Waals surface area contributed by atoms with E-state index in [1.54, 1.807) is 0 Å². The molecular weight excluding hydrogens is 294 g/mol. The summed E-state index contributed by atoms with van der Waals surface area (Å²) >= 11 is 0. The molecule has 3 N–H and O–H groups in total. The third-order valence-corrected chi connectivity index (χ3v) is 4.31. The second kappa shape index (κ2) is 10.5. The van der Waals surface area contributed by atoms with Crippen LogP contribution in [-0.2, 0) is 4.79 Å². The number of hydrogen-bond acceptors (Lipinski definition) is 3. The van der Waals surface area contributed by atoms with Gasteiger partial charge in [0.25, 0.3) is 0 Å². The summed E-state index contributed by atoms with van der Waals surface area (Å²) in [5.74, 6) is 0.628. The first-order valence-corrected chi connectivity index (χ1v) is 8.91. The lowest BCUT2D eigenvalue weighted by Gasteiger charge is -2.34. The van der Waals surface area contributed by atoms with Crippen molar-refractivity contribution in [1.29, 1.82) is 0 Å². The zero-order valence-corrected chi connectivity index (χ0v) is 14.8. The number of nitrogens with zero attached hydrogens (tertiary/aromatic N) is 1. The van der Waals surface area contributed by atoms with E-state index < -0.39 is 6.04 Å². The normalized spacial score (nSPS) is 17.2.